The number of unbranched alkanes of at least 4 members (excludes halogenated alkanes) is 1. The molecule has 3 aliphatic carbocycles. The summed E-state index contributed by atoms with van der Waals surface area (Å²) in [5.74, 6) is 0.0237. The molecular weight excluding hydrogens is 805 g/mol. The molecule has 0 aromatic carbocycles. The third kappa shape index (κ3) is 8.39. The average molecular weight is 869 g/mol. The molecular formula is C41H64N12O9. The number of amides is 8. The Morgan fingerprint density at radius 3 is 2.00 bits per heavy atom. The summed E-state index contributed by atoms with van der Waals surface area (Å²) in [6.45, 7) is 11.3. The van der Waals surface area contributed by atoms with Gasteiger partial charge in [0.15, 0.2) is 5.96 Å². The molecule has 21 nitrogen and oxygen atoms in total. The molecule has 1 saturated carbocycles. The standard InChI is InChI=1S/C27H38N10O6.C11H22N2O3.C3H4/c1-2-3-6-17(37-26-25(27(26,37)43-26)35-19(36(25)24(35)42)11-14-12-10-13(12)14)22(41)34-16(7-8-18(28)38)21(40)33-15(20(29)39)5-4-9-32-23(30)31;1-5-7(2)6-12-11(16)10(8(3)14)13-9(4)15;1-3-2/h14-17,19H,2-11H2,1H3,(H2,28,38)(H2,29,39)(H,33,40)(H,34,41)(H4,30,31,32);7-8,10,14H,5-6H2,1-4H3,(H,12,16)(H,13,15);1H,2H3/t15-,16-,17-,19?,25?,26-,27?,37?;7-,8+,10-;/m00./s1. The van der Waals surface area contributed by atoms with Gasteiger partial charge in [-0.25, -0.2) is 9.69 Å². The Morgan fingerprint density at radius 1 is 0.935 bits per heavy atom. The van der Waals surface area contributed by atoms with Gasteiger partial charge in [0.05, 0.1) is 12.1 Å². The van der Waals surface area contributed by atoms with Crippen LogP contribution in [0.5, 0.6) is 0 Å². The molecule has 5 saturated heterocycles. The Kier molecular flexibility index (Phi) is 14.2. The van der Waals surface area contributed by atoms with Gasteiger partial charge in [-0.05, 0) is 58.3 Å². The Labute approximate surface area is 361 Å². The number of rotatable bonds is 24. The molecule has 342 valence electrons. The van der Waals surface area contributed by atoms with Crippen LogP contribution >= 0.6 is 0 Å². The summed E-state index contributed by atoms with van der Waals surface area (Å²) in [6.07, 6.45) is 9.38. The maximum absolute atomic E-state index is 13.7. The van der Waals surface area contributed by atoms with Gasteiger partial charge < -0.3 is 54.0 Å². The molecule has 21 heteroatoms. The Hall–Kier alpha value is -5.46. The monoisotopic (exact) mass is 868 g/mol. The molecule has 62 heavy (non-hydrogen) atoms. The highest BCUT2D eigenvalue weighted by Gasteiger charge is 3.33. The van der Waals surface area contributed by atoms with E-state index in [0.717, 1.165) is 32.1 Å². The number of hydrogen-bond donors (Lipinski definition) is 9. The van der Waals surface area contributed by atoms with Gasteiger partial charge in [-0.2, -0.15) is 0 Å². The highest BCUT2D eigenvalue weighted by Crippen LogP contribution is 3.03. The van der Waals surface area contributed by atoms with Crippen molar-refractivity contribution >= 4 is 47.4 Å². The third-order valence-corrected chi connectivity index (χ3v) is 12.6. The fourth-order valence-electron chi connectivity index (χ4n) is 8.83. The van der Waals surface area contributed by atoms with E-state index in [1.807, 2.05) is 35.5 Å². The van der Waals surface area contributed by atoms with E-state index in [1.165, 1.54) is 13.8 Å². The highest BCUT2D eigenvalue weighted by atomic mass is 16.8. The maximum atomic E-state index is 13.7. The van der Waals surface area contributed by atoms with Crippen LogP contribution in [-0.4, -0.2) is 134 Å². The van der Waals surface area contributed by atoms with Crippen molar-refractivity contribution < 1.29 is 43.4 Å². The Bertz CT molecular complexity index is 1890. The Morgan fingerprint density at radius 2 is 1.55 bits per heavy atom. The van der Waals surface area contributed by atoms with Gasteiger partial charge >= 0.3 is 6.03 Å². The zero-order valence-electron chi connectivity index (χ0n) is 36.5. The number of aliphatic hydroxyl groups is 1. The van der Waals surface area contributed by atoms with Crippen molar-refractivity contribution in [1.82, 2.24) is 36.0 Å². The molecule has 13 N–H and O–H groups in total. The number of urea groups is 1. The lowest BCUT2D eigenvalue weighted by molar-refractivity contribution is -0.379. The van der Waals surface area contributed by atoms with Crippen LogP contribution in [0.25, 0.3) is 0 Å². The summed E-state index contributed by atoms with van der Waals surface area (Å²) in [7, 11) is 0. The van der Waals surface area contributed by atoms with Gasteiger partial charge in [0, 0.05) is 32.4 Å². The molecule has 5 aliphatic heterocycles. The lowest BCUT2D eigenvalue weighted by Gasteiger charge is -2.76. The smallest absolute Gasteiger partial charge is 0.327 e. The summed E-state index contributed by atoms with van der Waals surface area (Å²) >= 11 is 0. The first-order chi connectivity index (χ1) is 29.3. The number of aliphatic imine (C=N–C) groups is 1. The van der Waals surface area contributed by atoms with Gasteiger partial charge in [0.25, 0.3) is 0 Å². The predicted octanol–water partition coefficient (Wildman–Crippen LogP) is -1.76. The second-order valence-electron chi connectivity index (χ2n) is 17.1. The number of hydrogen-bond acceptors (Lipinski definition) is 11. The van der Waals surface area contributed by atoms with Crippen LogP contribution in [0.4, 0.5) is 4.79 Å². The molecule has 8 aliphatic rings. The molecule has 8 rings (SSSR count). The van der Waals surface area contributed by atoms with Crippen molar-refractivity contribution in [2.75, 3.05) is 13.1 Å². The fraction of sp³-hybridized carbons (Fsp3) is 0.707. The molecule has 2 bridgehead atoms. The number of terminal acetylenes is 1. The Balaban J connectivity index is 0.000000323. The lowest BCUT2D eigenvalue weighted by atomic mass is 9.87. The topological polar surface area (TPSA) is 326 Å². The van der Waals surface area contributed by atoms with Crippen molar-refractivity contribution in [2.45, 2.75) is 159 Å². The van der Waals surface area contributed by atoms with Crippen molar-refractivity contribution in [3.8, 4) is 12.3 Å². The van der Waals surface area contributed by atoms with Gasteiger partial charge in [-0.15, -0.1) is 12.3 Å². The van der Waals surface area contributed by atoms with Gasteiger partial charge in [0.2, 0.25) is 52.6 Å². The van der Waals surface area contributed by atoms with Gasteiger partial charge in [-0.1, -0.05) is 51.2 Å². The number of likely N-dealkylation sites (tertiary alicyclic amines) is 1. The first kappa shape index (κ1) is 47.6. The van der Waals surface area contributed by atoms with Crippen molar-refractivity contribution in [3.05, 3.63) is 11.1 Å². The summed E-state index contributed by atoms with van der Waals surface area (Å²) in [5.41, 5.74) is 22.8. The van der Waals surface area contributed by atoms with Crippen LogP contribution in [-0.2, 0) is 33.5 Å². The van der Waals surface area contributed by atoms with E-state index in [1.54, 1.807) is 18.1 Å². The van der Waals surface area contributed by atoms with E-state index < -0.39 is 71.0 Å². The van der Waals surface area contributed by atoms with Crippen molar-refractivity contribution in [3.63, 3.8) is 0 Å². The molecule has 8 amide bonds. The lowest BCUT2D eigenvalue weighted by Crippen LogP contribution is -2.99. The zero-order valence-corrected chi connectivity index (χ0v) is 36.5. The SMILES string of the molecule is C#CC.CCCC[C@@H](C(=O)N[C@@H](CCC(N)=O)C(=O)N[C@@H](CCCN=C(N)N)C(N)=O)N1C23O[C@]12C31N2C(=O)N1C2CC1C2=C1C2.CC[C@H](C)CNC(=O)[C@@H](NC(C)=O)[C@@H](C)O. The minimum Gasteiger partial charge on any atom is -0.391 e. The number of nitrogens with two attached hydrogens (primary N) is 4. The van der Waals surface area contributed by atoms with Crippen LogP contribution in [0.15, 0.2) is 16.1 Å². The second kappa shape index (κ2) is 18.5. The van der Waals surface area contributed by atoms with E-state index in [-0.39, 0.29) is 55.8 Å². The number of allylic oxidation sites excluding steroid dienone is 2. The number of epoxide rings is 1. The summed E-state index contributed by atoms with van der Waals surface area (Å²) in [6, 6.07) is -3.60. The highest BCUT2D eigenvalue weighted by molar-refractivity contribution is 6.00. The average Bonchev–Trinajstić information content (AvgIpc) is 3.99. The van der Waals surface area contributed by atoms with E-state index in [2.05, 4.69) is 38.6 Å². The molecule has 9 atom stereocenters. The molecule has 5 heterocycles. The summed E-state index contributed by atoms with van der Waals surface area (Å²) in [4.78, 5) is 95.3. The first-order valence-corrected chi connectivity index (χ1v) is 21.5. The van der Waals surface area contributed by atoms with Crippen molar-refractivity contribution in [2.24, 2.45) is 39.8 Å². The maximum Gasteiger partial charge on any atom is 0.327 e. The number of carbonyl (C=O) groups is 7. The number of carbonyl (C=O) groups excluding carboxylic acids is 7. The number of aliphatic hydroxyl groups excluding tert-OH is 1. The van der Waals surface area contributed by atoms with Crippen molar-refractivity contribution in [1.29, 1.82) is 0 Å². The third-order valence-electron chi connectivity index (χ3n) is 12.6. The summed E-state index contributed by atoms with van der Waals surface area (Å²) < 4.78 is 5.95. The van der Waals surface area contributed by atoms with Crippen LogP contribution in [0.2, 0.25) is 0 Å². The van der Waals surface area contributed by atoms with E-state index in [9.17, 15) is 38.7 Å². The summed E-state index contributed by atoms with van der Waals surface area (Å²) in [5, 5.41) is 19.9. The normalized spacial score (nSPS) is 28.1. The van der Waals surface area contributed by atoms with Crippen LogP contribution < -0.4 is 44.2 Å². The zero-order chi connectivity index (χ0) is 46.1. The van der Waals surface area contributed by atoms with Crippen LogP contribution in [0, 0.1) is 24.2 Å². The fourth-order valence-corrected chi connectivity index (χ4v) is 8.83. The number of guanidine groups is 1. The van der Waals surface area contributed by atoms with Crippen LogP contribution in [0.1, 0.15) is 106 Å². The molecule has 6 fully saturated rings. The van der Waals surface area contributed by atoms with Gasteiger partial charge in [0.1, 0.15) is 24.3 Å². The number of primary amides is 2. The second-order valence-corrected chi connectivity index (χ2v) is 17.1. The molecule has 0 aromatic heterocycles. The van der Waals surface area contributed by atoms with Crippen LogP contribution in [0.3, 0.4) is 0 Å². The first-order valence-electron chi connectivity index (χ1n) is 21.5. The predicted molar refractivity (Wildman–Crippen MR) is 225 cm³/mol. The quantitative estimate of drug-likeness (QED) is 0.0130. The minimum atomic E-state index is -1.13. The molecule has 0 aromatic rings. The van der Waals surface area contributed by atoms with Gasteiger partial charge in [-0.3, -0.25) is 43.6 Å². The number of ether oxygens (including phenoxy) is 1. The number of nitrogens with zero attached hydrogens (tertiary/aromatic N) is 4. The van der Waals surface area contributed by atoms with E-state index in [4.69, 9.17) is 27.7 Å². The number of nitrogens with one attached hydrogen (secondary N) is 4. The minimum absolute atomic E-state index is 0.0172. The largest absolute Gasteiger partial charge is 0.391 e. The molecule has 0 radical (unpaired) electrons. The molecule has 1 spiro atoms. The van der Waals surface area contributed by atoms with E-state index in [0.29, 0.717) is 31.2 Å². The molecule has 2 unspecified atom stereocenters. The van der Waals surface area contributed by atoms with E-state index >= 15 is 0 Å².